The highest BCUT2D eigenvalue weighted by Gasteiger charge is 2.39. The zero-order chi connectivity index (χ0) is 26.6. The lowest BCUT2D eigenvalue weighted by molar-refractivity contribution is -0.118. The van der Waals surface area contributed by atoms with E-state index in [0.717, 1.165) is 44.0 Å². The second-order valence-electron chi connectivity index (χ2n) is 10.0. The number of anilines is 1. The molecule has 4 rings (SSSR count). The Morgan fingerprint density at radius 1 is 1.08 bits per heavy atom. The van der Waals surface area contributed by atoms with Crippen LogP contribution in [0.15, 0.2) is 47.4 Å². The summed E-state index contributed by atoms with van der Waals surface area (Å²) < 4.78 is 28.2. The second-order valence-corrected chi connectivity index (χ2v) is 11.9. The van der Waals surface area contributed by atoms with Crippen molar-refractivity contribution in [2.24, 2.45) is 0 Å². The largest absolute Gasteiger partial charge is 0.325 e. The van der Waals surface area contributed by atoms with Crippen LogP contribution in [0.3, 0.4) is 0 Å². The van der Waals surface area contributed by atoms with Gasteiger partial charge in [-0.1, -0.05) is 18.2 Å². The van der Waals surface area contributed by atoms with Crippen molar-refractivity contribution >= 4 is 21.6 Å². The second kappa shape index (κ2) is 11.7. The lowest BCUT2D eigenvalue weighted by Crippen LogP contribution is -2.59. The lowest BCUT2D eigenvalue weighted by atomic mass is 10.1. The van der Waals surface area contributed by atoms with Crippen LogP contribution in [0.4, 0.5) is 5.69 Å². The molecule has 2 atom stereocenters. The van der Waals surface area contributed by atoms with Gasteiger partial charge in [0.05, 0.1) is 23.1 Å². The topological polar surface area (TPSA) is 109 Å². The van der Waals surface area contributed by atoms with E-state index in [2.05, 4.69) is 21.6 Å². The lowest BCUT2D eigenvalue weighted by Gasteiger charge is -2.43. The number of rotatable bonds is 7. The summed E-state index contributed by atoms with van der Waals surface area (Å²) in [5.74, 6) is -0.111. The van der Waals surface area contributed by atoms with Gasteiger partial charge in [-0.2, -0.15) is 9.57 Å². The molecule has 2 N–H and O–H groups in total. The van der Waals surface area contributed by atoms with Crippen LogP contribution in [-0.2, 0) is 21.4 Å². The molecule has 1 amide bonds. The first-order valence-corrected chi connectivity index (χ1v) is 14.2. The number of hydrogen-bond donors (Lipinski definition) is 2. The molecule has 0 unspecified atom stereocenters. The van der Waals surface area contributed by atoms with Crippen molar-refractivity contribution in [3.8, 4) is 6.07 Å². The monoisotopic (exact) mass is 524 g/mol. The van der Waals surface area contributed by atoms with E-state index in [0.29, 0.717) is 18.7 Å². The van der Waals surface area contributed by atoms with Gasteiger partial charge in [0.25, 0.3) is 0 Å². The van der Waals surface area contributed by atoms with Crippen molar-refractivity contribution in [3.05, 3.63) is 59.2 Å². The van der Waals surface area contributed by atoms with Crippen LogP contribution in [0.1, 0.15) is 30.5 Å². The zero-order valence-electron chi connectivity index (χ0n) is 21.8. The molecule has 2 aromatic rings. The maximum absolute atomic E-state index is 13.4. The predicted octanol–water partition coefficient (Wildman–Crippen LogP) is 1.99. The molecule has 0 bridgehead atoms. The Bertz CT molecular complexity index is 1260. The van der Waals surface area contributed by atoms with E-state index < -0.39 is 10.0 Å². The van der Waals surface area contributed by atoms with E-state index in [4.69, 9.17) is 5.26 Å². The minimum absolute atomic E-state index is 0.111. The Labute approximate surface area is 220 Å². The number of piperazine rings is 2. The molecule has 2 aliphatic rings. The summed E-state index contributed by atoms with van der Waals surface area (Å²) in [5.41, 5.74) is 3.41. The van der Waals surface area contributed by atoms with Crippen LogP contribution in [-0.4, -0.2) is 86.3 Å². The van der Waals surface area contributed by atoms with Crippen molar-refractivity contribution in [3.63, 3.8) is 0 Å². The number of hydrogen-bond acceptors (Lipinski definition) is 7. The third-order valence-corrected chi connectivity index (χ3v) is 9.27. The fraction of sp³-hybridized carbons (Fsp3) is 0.481. The molecule has 198 valence electrons. The summed E-state index contributed by atoms with van der Waals surface area (Å²) in [6.45, 7) is 11.7. The third kappa shape index (κ3) is 6.37. The van der Waals surface area contributed by atoms with Crippen molar-refractivity contribution in [1.29, 1.82) is 5.26 Å². The van der Waals surface area contributed by atoms with Crippen LogP contribution >= 0.6 is 0 Å². The summed E-state index contributed by atoms with van der Waals surface area (Å²) in [6, 6.07) is 13.5. The van der Waals surface area contributed by atoms with E-state index in [-0.39, 0.29) is 29.4 Å². The normalized spacial score (nSPS) is 21.9. The van der Waals surface area contributed by atoms with Crippen molar-refractivity contribution in [2.45, 2.75) is 44.3 Å². The summed E-state index contributed by atoms with van der Waals surface area (Å²) in [6.07, 6.45) is 0. The molecular weight excluding hydrogens is 488 g/mol. The fourth-order valence-corrected chi connectivity index (χ4v) is 7.21. The molecule has 2 aromatic carbocycles. The molecule has 0 spiro atoms. The number of benzene rings is 2. The molecule has 37 heavy (non-hydrogen) atoms. The summed E-state index contributed by atoms with van der Waals surface area (Å²) in [5, 5.41) is 15.6. The van der Waals surface area contributed by atoms with E-state index in [1.165, 1.54) is 22.0 Å². The van der Waals surface area contributed by atoms with Gasteiger partial charge in [0.1, 0.15) is 0 Å². The van der Waals surface area contributed by atoms with Gasteiger partial charge >= 0.3 is 0 Å². The number of carbonyl (C=O) groups is 1. The van der Waals surface area contributed by atoms with Gasteiger partial charge in [0, 0.05) is 63.6 Å². The molecule has 2 aliphatic heterocycles. The number of nitrogens with zero attached hydrogens (tertiary/aromatic N) is 4. The first-order chi connectivity index (χ1) is 17.7. The van der Waals surface area contributed by atoms with Gasteiger partial charge in [-0.3, -0.25) is 14.6 Å². The molecule has 2 heterocycles. The zero-order valence-corrected chi connectivity index (χ0v) is 22.6. The highest BCUT2D eigenvalue weighted by atomic mass is 32.2. The summed E-state index contributed by atoms with van der Waals surface area (Å²) in [7, 11) is -3.77. The average Bonchev–Trinajstić information content (AvgIpc) is 2.86. The highest BCUT2D eigenvalue weighted by Crippen LogP contribution is 2.26. The van der Waals surface area contributed by atoms with Gasteiger partial charge < -0.3 is 10.6 Å². The number of nitriles is 1. The molecular formula is C27H36N6O3S. The van der Waals surface area contributed by atoms with Gasteiger partial charge in [0.15, 0.2) is 0 Å². The molecule has 10 heteroatoms. The minimum atomic E-state index is -3.77. The Morgan fingerprint density at radius 2 is 1.76 bits per heavy atom. The minimum Gasteiger partial charge on any atom is -0.325 e. The molecule has 2 fully saturated rings. The first-order valence-electron chi connectivity index (χ1n) is 12.8. The number of nitrogens with one attached hydrogen (secondary N) is 2. The van der Waals surface area contributed by atoms with Crippen LogP contribution < -0.4 is 10.6 Å². The quantitative estimate of drug-likeness (QED) is 0.570. The van der Waals surface area contributed by atoms with Crippen LogP contribution in [0, 0.1) is 18.3 Å². The van der Waals surface area contributed by atoms with Crippen LogP contribution in [0.5, 0.6) is 0 Å². The molecule has 0 saturated carbocycles. The van der Waals surface area contributed by atoms with Crippen molar-refractivity contribution < 1.29 is 13.2 Å². The number of sulfonamides is 1. The smallest absolute Gasteiger partial charge is 0.243 e. The van der Waals surface area contributed by atoms with E-state index in [1.54, 1.807) is 12.1 Å². The van der Waals surface area contributed by atoms with Crippen LogP contribution in [0.2, 0.25) is 0 Å². The predicted molar refractivity (Wildman–Crippen MR) is 144 cm³/mol. The molecule has 0 radical (unpaired) electrons. The average molecular weight is 525 g/mol. The summed E-state index contributed by atoms with van der Waals surface area (Å²) in [4.78, 5) is 17.5. The van der Waals surface area contributed by atoms with Crippen molar-refractivity contribution in [1.82, 2.24) is 19.4 Å². The molecule has 9 nitrogen and oxygen atoms in total. The Balaban J connectivity index is 1.38. The SMILES string of the molecule is Cc1c(CN2CCNCC2)cccc1NC(=O)CN1C[C@@H](C)N(S(=O)(=O)c2cccc(C#N)c2)[C@@H](C)C1. The summed E-state index contributed by atoms with van der Waals surface area (Å²) >= 11 is 0. The van der Waals surface area contributed by atoms with E-state index in [1.807, 2.05) is 43.9 Å². The number of amides is 1. The standard InChI is InChI=1S/C27H36N6O3S/c1-20-16-32(17-21(2)33(20)37(35,36)25-8-4-6-23(14-25)15-28)19-27(34)30-26-9-5-7-24(22(26)3)18-31-12-10-29-11-13-31/h4-9,14,20-21,29H,10-13,16-19H2,1-3H3,(H,30,34)/t20-,21+. The Morgan fingerprint density at radius 3 is 2.43 bits per heavy atom. The van der Waals surface area contributed by atoms with Crippen molar-refractivity contribution in [2.75, 3.05) is 51.1 Å². The third-order valence-electron chi connectivity index (χ3n) is 7.14. The van der Waals surface area contributed by atoms with E-state index in [9.17, 15) is 13.2 Å². The number of carbonyl (C=O) groups excluding carboxylic acids is 1. The molecule has 2 saturated heterocycles. The highest BCUT2D eigenvalue weighted by molar-refractivity contribution is 7.89. The fourth-order valence-electron chi connectivity index (χ4n) is 5.36. The maximum atomic E-state index is 13.4. The van der Waals surface area contributed by atoms with Gasteiger partial charge in [0.2, 0.25) is 15.9 Å². The molecule has 0 aromatic heterocycles. The van der Waals surface area contributed by atoms with Gasteiger partial charge in [-0.05, 0) is 56.2 Å². The van der Waals surface area contributed by atoms with E-state index >= 15 is 0 Å². The Hall–Kier alpha value is -2.81. The Kier molecular flexibility index (Phi) is 8.62. The van der Waals surface area contributed by atoms with Gasteiger partial charge in [-0.15, -0.1) is 0 Å². The van der Waals surface area contributed by atoms with Crippen LogP contribution in [0.25, 0.3) is 0 Å². The maximum Gasteiger partial charge on any atom is 0.243 e. The first kappa shape index (κ1) is 27.2. The van der Waals surface area contributed by atoms with Gasteiger partial charge in [-0.25, -0.2) is 8.42 Å². The molecule has 0 aliphatic carbocycles.